The summed E-state index contributed by atoms with van der Waals surface area (Å²) in [5.74, 6) is -0.379. The number of nitrogens with zero attached hydrogens (tertiary/aromatic N) is 3. The largest absolute Gasteiger partial charge is 0.469 e. The first-order valence-corrected chi connectivity index (χ1v) is 13.9. The molecule has 3 heterocycles. The second-order valence-electron chi connectivity index (χ2n) is 9.11. The topological polar surface area (TPSA) is 107 Å². The highest BCUT2D eigenvalue weighted by atomic mass is 35.5. The highest BCUT2D eigenvalue weighted by Crippen LogP contribution is 2.37. The van der Waals surface area contributed by atoms with Crippen molar-refractivity contribution >= 4 is 69.2 Å². The number of carbonyl (C=O) groups is 2. The lowest BCUT2D eigenvalue weighted by Gasteiger charge is -2.23. The average Bonchev–Trinajstić information content (AvgIpc) is 3.67. The zero-order valence-corrected chi connectivity index (χ0v) is 23.6. The Morgan fingerprint density at radius 1 is 1.21 bits per heavy atom. The summed E-state index contributed by atoms with van der Waals surface area (Å²) in [5, 5.41) is 4.65. The van der Waals surface area contributed by atoms with Gasteiger partial charge >= 0.3 is 5.97 Å². The third-order valence-corrected chi connectivity index (χ3v) is 8.41. The fraction of sp³-hybridized carbons (Fsp3) is 0.333. The number of esters is 1. The first-order valence-electron chi connectivity index (χ1n) is 12.3. The van der Waals surface area contributed by atoms with Gasteiger partial charge < -0.3 is 24.1 Å². The summed E-state index contributed by atoms with van der Waals surface area (Å²) in [6.07, 6.45) is 3.16. The molecule has 0 spiro atoms. The number of hydrogen-bond donors (Lipinski definition) is 1. The van der Waals surface area contributed by atoms with E-state index in [1.54, 1.807) is 30.3 Å². The zero-order valence-electron chi connectivity index (χ0n) is 21.3. The number of rotatable bonds is 9. The molecule has 1 fully saturated rings. The Morgan fingerprint density at radius 2 is 2.03 bits per heavy atom. The number of para-hydroxylation sites is 2. The Bertz CT molecular complexity index is 1470. The van der Waals surface area contributed by atoms with E-state index < -0.39 is 0 Å². The van der Waals surface area contributed by atoms with Crippen LogP contribution >= 0.6 is 34.5 Å². The number of amides is 1. The Kier molecular flexibility index (Phi) is 8.37. The van der Waals surface area contributed by atoms with E-state index in [4.69, 9.17) is 37.1 Å². The molecule has 2 aromatic heterocycles. The second-order valence-corrected chi connectivity index (χ2v) is 11.1. The van der Waals surface area contributed by atoms with Crippen LogP contribution in [0.25, 0.3) is 11.1 Å². The van der Waals surface area contributed by atoms with Crippen molar-refractivity contribution in [2.24, 2.45) is 0 Å². The van der Waals surface area contributed by atoms with Crippen LogP contribution in [0.2, 0.25) is 10.0 Å². The summed E-state index contributed by atoms with van der Waals surface area (Å²) in [6.45, 7) is 0.444. The van der Waals surface area contributed by atoms with Gasteiger partial charge in [0.05, 0.1) is 42.8 Å². The highest BCUT2D eigenvalue weighted by molar-refractivity contribution is 7.11. The Labute approximate surface area is 239 Å². The first-order chi connectivity index (χ1) is 18.8. The van der Waals surface area contributed by atoms with Crippen LogP contribution < -0.4 is 5.32 Å². The van der Waals surface area contributed by atoms with Gasteiger partial charge in [-0.25, -0.2) is 4.98 Å². The summed E-state index contributed by atoms with van der Waals surface area (Å²) in [6, 6.07) is 10.8. The van der Waals surface area contributed by atoms with E-state index in [0.29, 0.717) is 46.3 Å². The number of halogens is 2. The summed E-state index contributed by atoms with van der Waals surface area (Å²) in [4.78, 5) is 36.7. The summed E-state index contributed by atoms with van der Waals surface area (Å²) >= 11 is 14.6. The van der Waals surface area contributed by atoms with Gasteiger partial charge in [-0.1, -0.05) is 35.3 Å². The van der Waals surface area contributed by atoms with Gasteiger partial charge in [-0.15, -0.1) is 11.3 Å². The molecule has 0 radical (unpaired) electrons. The second kappa shape index (κ2) is 11.9. The number of aryl methyl sites for hydroxylation is 1. The lowest BCUT2D eigenvalue weighted by atomic mass is 10.1. The Hall–Kier alpha value is -3.18. The van der Waals surface area contributed by atoms with Crippen LogP contribution in [-0.2, 0) is 31.9 Å². The van der Waals surface area contributed by atoms with E-state index in [1.807, 2.05) is 24.3 Å². The maximum absolute atomic E-state index is 13.5. The minimum absolute atomic E-state index is 0.0647. The number of nitrogens with one attached hydrogen (secondary N) is 1. The summed E-state index contributed by atoms with van der Waals surface area (Å²) in [7, 11) is 3.01. The first kappa shape index (κ1) is 27.4. The number of likely N-dealkylation sites (tertiary alicyclic amines) is 1. The van der Waals surface area contributed by atoms with Crippen molar-refractivity contribution in [3.8, 4) is 0 Å². The van der Waals surface area contributed by atoms with Crippen LogP contribution in [-0.4, -0.2) is 53.6 Å². The number of hydrogen-bond acceptors (Lipinski definition) is 9. The van der Waals surface area contributed by atoms with Gasteiger partial charge in [-0.3, -0.25) is 9.59 Å². The fourth-order valence-corrected chi connectivity index (χ4v) is 6.03. The predicted molar refractivity (Wildman–Crippen MR) is 150 cm³/mol. The third kappa shape index (κ3) is 6.19. The van der Waals surface area contributed by atoms with E-state index in [0.717, 1.165) is 15.4 Å². The standard InChI is InChI=1S/C27H26Cl2N4O5S/c1-36-16-11-22(26-30-13-17(39-26)7-8-25(35)37-2)33(14-16)24(34)10-15-9-19(29)21(12-18(15)28)32-27-31-20-5-3-4-6-23(20)38-27/h3-6,9,12-13,16,22H,7-8,10-11,14H2,1-2H3,(H,31,32)/t16-,22-/m0/s1. The third-order valence-electron chi connectivity index (χ3n) is 6.59. The van der Waals surface area contributed by atoms with Crippen LogP contribution in [0.3, 0.4) is 0 Å². The van der Waals surface area contributed by atoms with E-state index in [1.165, 1.54) is 18.4 Å². The quantitative estimate of drug-likeness (QED) is 0.238. The van der Waals surface area contributed by atoms with E-state index >= 15 is 0 Å². The molecule has 2 aromatic carbocycles. The lowest BCUT2D eigenvalue weighted by Crippen LogP contribution is -2.33. The van der Waals surface area contributed by atoms with E-state index in [9.17, 15) is 9.59 Å². The number of aromatic nitrogens is 2. The number of benzene rings is 2. The number of oxazole rings is 1. The molecule has 4 aromatic rings. The van der Waals surface area contributed by atoms with E-state index in [2.05, 4.69) is 15.3 Å². The maximum atomic E-state index is 13.5. The number of ether oxygens (including phenoxy) is 2. The number of carbonyl (C=O) groups excluding carboxylic acids is 2. The van der Waals surface area contributed by atoms with Crippen LogP contribution in [0.15, 0.2) is 47.0 Å². The lowest BCUT2D eigenvalue weighted by molar-refractivity contribution is -0.140. The Morgan fingerprint density at radius 3 is 2.79 bits per heavy atom. The molecule has 5 rings (SSSR count). The Balaban J connectivity index is 1.30. The minimum atomic E-state index is -0.271. The molecule has 12 heteroatoms. The summed E-state index contributed by atoms with van der Waals surface area (Å²) < 4.78 is 16.0. The molecule has 39 heavy (non-hydrogen) atoms. The molecule has 1 N–H and O–H groups in total. The van der Waals surface area contributed by atoms with Crippen molar-refractivity contribution in [3.63, 3.8) is 0 Å². The van der Waals surface area contributed by atoms with Crippen molar-refractivity contribution in [1.82, 2.24) is 14.9 Å². The fourth-order valence-electron chi connectivity index (χ4n) is 4.52. The molecule has 1 aliphatic rings. The summed E-state index contributed by atoms with van der Waals surface area (Å²) in [5.41, 5.74) is 2.49. The van der Waals surface area contributed by atoms with Crippen LogP contribution in [0.4, 0.5) is 11.7 Å². The van der Waals surface area contributed by atoms with Crippen LogP contribution in [0.5, 0.6) is 0 Å². The number of anilines is 2. The van der Waals surface area contributed by atoms with Crippen molar-refractivity contribution in [1.29, 1.82) is 0 Å². The monoisotopic (exact) mass is 588 g/mol. The number of thiazole rings is 1. The van der Waals surface area contributed by atoms with Crippen molar-refractivity contribution in [2.45, 2.75) is 37.8 Å². The highest BCUT2D eigenvalue weighted by Gasteiger charge is 2.38. The van der Waals surface area contributed by atoms with Gasteiger partial charge in [0.1, 0.15) is 10.5 Å². The van der Waals surface area contributed by atoms with E-state index in [-0.39, 0.29) is 42.9 Å². The number of fused-ring (bicyclic) bond motifs is 1. The van der Waals surface area contributed by atoms with Gasteiger partial charge in [0.2, 0.25) is 5.91 Å². The molecule has 0 saturated carbocycles. The van der Waals surface area contributed by atoms with Gasteiger partial charge in [0.25, 0.3) is 6.01 Å². The van der Waals surface area contributed by atoms with Crippen LogP contribution in [0, 0.1) is 0 Å². The zero-order chi connectivity index (χ0) is 27.5. The van der Waals surface area contributed by atoms with Crippen molar-refractivity contribution in [2.75, 3.05) is 26.1 Å². The molecule has 1 amide bonds. The maximum Gasteiger partial charge on any atom is 0.305 e. The predicted octanol–water partition coefficient (Wildman–Crippen LogP) is 5.97. The molecular weight excluding hydrogens is 563 g/mol. The molecule has 0 aliphatic carbocycles. The van der Waals surface area contributed by atoms with Crippen molar-refractivity contribution in [3.05, 3.63) is 68.1 Å². The molecular formula is C27H26Cl2N4O5S. The molecule has 0 unspecified atom stereocenters. The minimum Gasteiger partial charge on any atom is -0.469 e. The molecule has 2 atom stereocenters. The van der Waals surface area contributed by atoms with Crippen LogP contribution in [0.1, 0.15) is 34.3 Å². The smallest absolute Gasteiger partial charge is 0.305 e. The molecule has 0 bridgehead atoms. The normalized spacial score (nSPS) is 17.1. The molecule has 9 nitrogen and oxygen atoms in total. The van der Waals surface area contributed by atoms with Crippen molar-refractivity contribution < 1.29 is 23.5 Å². The van der Waals surface area contributed by atoms with Gasteiger partial charge in [-0.2, -0.15) is 4.98 Å². The molecule has 1 saturated heterocycles. The van der Waals surface area contributed by atoms with Gasteiger partial charge in [0.15, 0.2) is 5.58 Å². The average molecular weight is 590 g/mol. The number of methoxy groups -OCH3 is 2. The van der Waals surface area contributed by atoms with Gasteiger partial charge in [-0.05, 0) is 36.2 Å². The molecule has 1 aliphatic heterocycles. The SMILES string of the molecule is COC(=O)CCc1cnc([C@@H]2C[C@H](OC)CN2C(=O)Cc2cc(Cl)c(Nc3nc4ccccc4o3)cc2Cl)s1. The van der Waals surface area contributed by atoms with Gasteiger partial charge in [0, 0.05) is 36.2 Å². The molecule has 204 valence electrons.